The third-order valence-electron chi connectivity index (χ3n) is 5.78. The fourth-order valence-corrected chi connectivity index (χ4v) is 3.81. The Hall–Kier alpha value is -4.55. The molecule has 202 valence electrons. The Morgan fingerprint density at radius 2 is 1.45 bits per heavy atom. The van der Waals surface area contributed by atoms with E-state index in [0.29, 0.717) is 11.1 Å². The summed E-state index contributed by atoms with van der Waals surface area (Å²) in [7, 11) is 1.35. The minimum absolute atomic E-state index is 0.107. The Bertz CT molecular complexity index is 1270. The van der Waals surface area contributed by atoms with Crippen LogP contribution in [0.5, 0.6) is 23.0 Å². The molecule has 12 heteroatoms. The first-order valence-electron chi connectivity index (χ1n) is 11.2. The molecule has 6 N–H and O–H groups in total. The summed E-state index contributed by atoms with van der Waals surface area (Å²) in [4.78, 5) is 36.5. The maximum Gasteiger partial charge on any atom is 0.335 e. The Labute approximate surface area is 216 Å². The highest BCUT2D eigenvalue weighted by Gasteiger charge is 2.52. The first-order chi connectivity index (χ1) is 17.9. The molecule has 0 unspecified atom stereocenters. The summed E-state index contributed by atoms with van der Waals surface area (Å²) < 4.78 is 15.5. The van der Waals surface area contributed by atoms with Crippen LogP contribution in [0.25, 0.3) is 12.2 Å². The number of aliphatic carboxylic acids is 1. The summed E-state index contributed by atoms with van der Waals surface area (Å²) in [6, 6.07) is 8.06. The number of aromatic hydroxyl groups is 3. The Morgan fingerprint density at radius 3 is 2.03 bits per heavy atom. The van der Waals surface area contributed by atoms with Crippen LogP contribution < -0.4 is 4.74 Å². The van der Waals surface area contributed by atoms with Gasteiger partial charge in [0.05, 0.1) is 13.2 Å². The smallest absolute Gasteiger partial charge is 0.335 e. The number of carbonyl (C=O) groups excluding carboxylic acids is 2. The zero-order valence-electron chi connectivity index (χ0n) is 20.1. The molecule has 0 saturated heterocycles. The van der Waals surface area contributed by atoms with Gasteiger partial charge < -0.3 is 44.8 Å². The highest BCUT2D eigenvalue weighted by molar-refractivity contribution is 5.88. The number of hydrogen-bond donors (Lipinski definition) is 6. The molecule has 0 aromatic heterocycles. The van der Waals surface area contributed by atoms with Crippen LogP contribution in [0.1, 0.15) is 24.0 Å². The van der Waals surface area contributed by atoms with E-state index in [9.17, 15) is 45.0 Å². The van der Waals surface area contributed by atoms with Gasteiger partial charge >= 0.3 is 17.9 Å². The molecule has 1 saturated carbocycles. The molecule has 0 amide bonds. The van der Waals surface area contributed by atoms with Crippen molar-refractivity contribution in [2.75, 3.05) is 7.11 Å². The van der Waals surface area contributed by atoms with E-state index in [-0.39, 0.29) is 17.2 Å². The number of aliphatic hydroxyl groups excluding tert-OH is 1. The summed E-state index contributed by atoms with van der Waals surface area (Å²) in [6.45, 7) is 0. The number of benzene rings is 2. The second-order valence-corrected chi connectivity index (χ2v) is 8.54. The molecule has 3 rings (SSSR count). The summed E-state index contributed by atoms with van der Waals surface area (Å²) in [5.74, 6) is -4.36. The lowest BCUT2D eigenvalue weighted by atomic mass is 9.79. The molecule has 2 aromatic carbocycles. The van der Waals surface area contributed by atoms with Gasteiger partial charge in [-0.2, -0.15) is 0 Å². The molecule has 1 fully saturated rings. The number of rotatable bonds is 8. The Balaban J connectivity index is 1.75. The van der Waals surface area contributed by atoms with Crippen molar-refractivity contribution in [1.29, 1.82) is 0 Å². The number of ether oxygens (including phenoxy) is 3. The second-order valence-electron chi connectivity index (χ2n) is 8.54. The van der Waals surface area contributed by atoms with Crippen molar-refractivity contribution in [2.24, 2.45) is 0 Å². The fraction of sp³-hybridized carbons (Fsp3) is 0.269. The number of carboxylic acid groups (broad SMARTS) is 1. The highest BCUT2D eigenvalue weighted by Crippen LogP contribution is 2.33. The summed E-state index contributed by atoms with van der Waals surface area (Å²) in [5.41, 5.74) is -1.66. The van der Waals surface area contributed by atoms with E-state index in [1.165, 1.54) is 55.7 Å². The van der Waals surface area contributed by atoms with E-state index in [1.54, 1.807) is 0 Å². The molecular weight excluding hydrogens is 504 g/mol. The lowest BCUT2D eigenvalue weighted by molar-refractivity contribution is -0.204. The monoisotopic (exact) mass is 530 g/mol. The van der Waals surface area contributed by atoms with Crippen LogP contribution in [0.3, 0.4) is 0 Å². The highest BCUT2D eigenvalue weighted by atomic mass is 16.6. The average molecular weight is 530 g/mol. The van der Waals surface area contributed by atoms with Crippen LogP contribution in [-0.2, 0) is 23.9 Å². The van der Waals surface area contributed by atoms with Gasteiger partial charge in [-0.25, -0.2) is 14.4 Å². The molecule has 1 aliphatic carbocycles. The normalized spacial score (nSPS) is 23.3. The van der Waals surface area contributed by atoms with Crippen molar-refractivity contribution in [3.63, 3.8) is 0 Å². The number of hydrogen-bond acceptors (Lipinski definition) is 11. The number of esters is 2. The van der Waals surface area contributed by atoms with E-state index in [4.69, 9.17) is 14.2 Å². The maximum atomic E-state index is 12.5. The minimum Gasteiger partial charge on any atom is -0.504 e. The zero-order chi connectivity index (χ0) is 28.0. The molecule has 0 aliphatic heterocycles. The minimum atomic E-state index is -2.45. The topological polar surface area (TPSA) is 200 Å². The fourth-order valence-electron chi connectivity index (χ4n) is 3.81. The number of carbonyl (C=O) groups is 3. The Kier molecular flexibility index (Phi) is 8.61. The number of carboxylic acids is 1. The molecule has 2 aromatic rings. The van der Waals surface area contributed by atoms with Gasteiger partial charge in [-0.05, 0) is 47.5 Å². The molecule has 0 spiro atoms. The third-order valence-corrected chi connectivity index (χ3v) is 5.78. The summed E-state index contributed by atoms with van der Waals surface area (Å²) >= 11 is 0. The molecule has 4 atom stereocenters. The maximum absolute atomic E-state index is 12.5. The van der Waals surface area contributed by atoms with Gasteiger partial charge in [0.1, 0.15) is 6.10 Å². The molecule has 1 aliphatic rings. The molecule has 12 nitrogen and oxygen atoms in total. The van der Waals surface area contributed by atoms with Crippen molar-refractivity contribution >= 4 is 30.1 Å². The standard InChI is InChI=1S/C26H26O12/c1-36-20-11-15(3-7-17(20)28)5-9-23(32)38-24-19(30)12-26(35,25(33)34)13-21(24)37-22(31)8-4-14-2-6-16(27)18(29)10-14/h2-11,19,21,24,27-30,35H,12-13H2,1H3,(H,33,34)/b8-4+,9-5+/t19-,21-,24-,26+/m0/s1. The van der Waals surface area contributed by atoms with Crippen LogP contribution in [0, 0.1) is 0 Å². The van der Waals surface area contributed by atoms with Crippen molar-refractivity contribution < 1.29 is 59.2 Å². The number of phenols is 3. The van der Waals surface area contributed by atoms with Crippen LogP contribution in [-0.4, -0.2) is 79.6 Å². The van der Waals surface area contributed by atoms with Crippen molar-refractivity contribution in [2.45, 2.75) is 36.8 Å². The van der Waals surface area contributed by atoms with Crippen LogP contribution in [0.2, 0.25) is 0 Å². The van der Waals surface area contributed by atoms with Crippen LogP contribution >= 0.6 is 0 Å². The first-order valence-corrected chi connectivity index (χ1v) is 11.2. The molecule has 0 heterocycles. The van der Waals surface area contributed by atoms with Gasteiger partial charge in [0.25, 0.3) is 0 Å². The van der Waals surface area contributed by atoms with Gasteiger partial charge in [0.2, 0.25) is 0 Å². The van der Waals surface area contributed by atoms with E-state index < -0.39 is 60.4 Å². The van der Waals surface area contributed by atoms with Gasteiger partial charge in [-0.3, -0.25) is 0 Å². The average Bonchev–Trinajstić information content (AvgIpc) is 2.86. The third kappa shape index (κ3) is 6.81. The number of methoxy groups -OCH3 is 1. The predicted molar refractivity (Wildman–Crippen MR) is 130 cm³/mol. The van der Waals surface area contributed by atoms with Gasteiger partial charge in [-0.1, -0.05) is 12.1 Å². The molecule has 38 heavy (non-hydrogen) atoms. The molecular formula is C26H26O12. The molecule has 0 bridgehead atoms. The van der Waals surface area contributed by atoms with Gasteiger partial charge in [-0.15, -0.1) is 0 Å². The van der Waals surface area contributed by atoms with E-state index in [0.717, 1.165) is 12.2 Å². The van der Waals surface area contributed by atoms with Crippen LogP contribution in [0.4, 0.5) is 0 Å². The van der Waals surface area contributed by atoms with Gasteiger partial charge in [0, 0.05) is 25.0 Å². The number of phenolic OH excluding ortho intramolecular Hbond substituents is 3. The van der Waals surface area contributed by atoms with Crippen molar-refractivity contribution in [3.05, 3.63) is 59.7 Å². The Morgan fingerprint density at radius 1 is 0.868 bits per heavy atom. The quantitative estimate of drug-likeness (QED) is 0.163. The van der Waals surface area contributed by atoms with Crippen molar-refractivity contribution in [3.8, 4) is 23.0 Å². The number of aliphatic hydroxyl groups is 2. The molecule has 0 radical (unpaired) electrons. The van der Waals surface area contributed by atoms with Crippen LogP contribution in [0.15, 0.2) is 48.6 Å². The SMILES string of the molecule is COc1cc(/C=C/C(=O)O[C@@H]2[C@@H](OC(=O)/C=C/c3ccc(O)c(O)c3)C[C@@](O)(C(=O)O)C[C@@H]2O)ccc1O. The first kappa shape index (κ1) is 28.0. The lowest BCUT2D eigenvalue weighted by Gasteiger charge is -2.40. The summed E-state index contributed by atoms with van der Waals surface area (Å²) in [6.07, 6.45) is -1.56. The lowest BCUT2D eigenvalue weighted by Crippen LogP contribution is -2.58. The van der Waals surface area contributed by atoms with E-state index >= 15 is 0 Å². The largest absolute Gasteiger partial charge is 0.504 e. The summed E-state index contributed by atoms with van der Waals surface area (Å²) in [5, 5.41) is 58.9. The van der Waals surface area contributed by atoms with Crippen molar-refractivity contribution in [1.82, 2.24) is 0 Å². The van der Waals surface area contributed by atoms with E-state index in [1.807, 2.05) is 0 Å². The van der Waals surface area contributed by atoms with Gasteiger partial charge in [0.15, 0.2) is 34.7 Å². The van der Waals surface area contributed by atoms with E-state index in [2.05, 4.69) is 0 Å². The zero-order valence-corrected chi connectivity index (χ0v) is 20.1. The second kappa shape index (κ2) is 11.7. The predicted octanol–water partition coefficient (Wildman–Crippen LogP) is 1.33.